The Morgan fingerprint density at radius 3 is 2.62 bits per heavy atom. The van der Waals surface area contributed by atoms with E-state index in [1.165, 1.54) is 6.92 Å². The first-order valence-electron chi connectivity index (χ1n) is 8.11. The molecule has 1 N–H and O–H groups in total. The number of rotatable bonds is 6. The second kappa shape index (κ2) is 8.67. The molecule has 0 aromatic heterocycles. The van der Waals surface area contributed by atoms with Crippen molar-refractivity contribution in [2.24, 2.45) is 0 Å². The topological polar surface area (TPSA) is 88.4 Å². The van der Waals surface area contributed by atoms with Crippen molar-refractivity contribution in [3.8, 4) is 11.8 Å². The summed E-state index contributed by atoms with van der Waals surface area (Å²) in [7, 11) is 0. The number of ether oxygens (including phenoxy) is 2. The van der Waals surface area contributed by atoms with Crippen LogP contribution in [0, 0.1) is 25.2 Å². The molecular weight excluding hydrogens is 332 g/mol. The molecule has 1 atom stereocenters. The van der Waals surface area contributed by atoms with Crippen molar-refractivity contribution < 1.29 is 19.1 Å². The number of para-hydroxylation sites is 1. The minimum atomic E-state index is -1.02. The molecule has 6 heteroatoms. The lowest BCUT2D eigenvalue weighted by Crippen LogP contribution is -2.32. The van der Waals surface area contributed by atoms with Gasteiger partial charge < -0.3 is 14.8 Å². The Morgan fingerprint density at radius 2 is 1.88 bits per heavy atom. The van der Waals surface area contributed by atoms with Gasteiger partial charge in [-0.2, -0.15) is 5.26 Å². The van der Waals surface area contributed by atoms with Gasteiger partial charge in [0.05, 0.1) is 11.3 Å². The number of nitrogens with one attached hydrogen (secondary N) is 1. The Kier molecular flexibility index (Phi) is 6.34. The molecule has 0 aliphatic heterocycles. The number of carbonyl (C=O) groups excluding carboxylic acids is 2. The van der Waals surface area contributed by atoms with Crippen molar-refractivity contribution in [3.63, 3.8) is 0 Å². The van der Waals surface area contributed by atoms with Crippen LogP contribution in [0.15, 0.2) is 42.5 Å². The average Bonchev–Trinajstić information content (AvgIpc) is 2.63. The highest BCUT2D eigenvalue weighted by atomic mass is 16.6. The van der Waals surface area contributed by atoms with E-state index in [1.807, 2.05) is 32.0 Å². The van der Waals surface area contributed by atoms with Crippen molar-refractivity contribution in [2.75, 3.05) is 11.9 Å². The van der Waals surface area contributed by atoms with Gasteiger partial charge in [0, 0.05) is 0 Å². The Morgan fingerprint density at radius 1 is 1.15 bits per heavy atom. The van der Waals surface area contributed by atoms with Gasteiger partial charge in [-0.05, 0) is 50.1 Å². The maximum absolute atomic E-state index is 12.2. The summed E-state index contributed by atoms with van der Waals surface area (Å²) in [6.45, 7) is 5.02. The predicted octanol–water partition coefficient (Wildman–Crippen LogP) is 3.12. The predicted molar refractivity (Wildman–Crippen MR) is 96.8 cm³/mol. The van der Waals surface area contributed by atoms with Gasteiger partial charge in [-0.1, -0.05) is 24.3 Å². The molecule has 0 unspecified atom stereocenters. The van der Waals surface area contributed by atoms with Crippen LogP contribution in [0.2, 0.25) is 0 Å². The van der Waals surface area contributed by atoms with E-state index >= 15 is 0 Å². The number of nitriles is 1. The molecule has 0 fully saturated rings. The number of benzene rings is 2. The van der Waals surface area contributed by atoms with E-state index < -0.39 is 18.0 Å². The Labute approximate surface area is 152 Å². The number of hydrogen-bond donors (Lipinski definition) is 1. The molecule has 134 valence electrons. The van der Waals surface area contributed by atoms with Crippen LogP contribution in [0.1, 0.15) is 23.6 Å². The zero-order chi connectivity index (χ0) is 19.1. The molecule has 0 aliphatic carbocycles. The van der Waals surface area contributed by atoms with E-state index in [4.69, 9.17) is 14.7 Å². The van der Waals surface area contributed by atoms with Crippen molar-refractivity contribution >= 4 is 17.6 Å². The summed E-state index contributed by atoms with van der Waals surface area (Å²) in [4.78, 5) is 24.1. The molecule has 0 spiro atoms. The molecule has 1 amide bonds. The van der Waals surface area contributed by atoms with Crippen molar-refractivity contribution in [1.29, 1.82) is 5.26 Å². The Hall–Kier alpha value is -3.33. The standard InChI is InChI=1S/C20H20N2O4/c1-13-7-6-10-18(14(13)2)25-12-19(23)26-15(3)20(24)22-17-9-5-4-8-16(17)11-21/h4-10,15H,12H2,1-3H3,(H,22,24)/t15-/m0/s1. The molecule has 2 rings (SSSR count). The molecule has 0 aliphatic rings. The highest BCUT2D eigenvalue weighted by Crippen LogP contribution is 2.20. The highest BCUT2D eigenvalue weighted by Gasteiger charge is 2.19. The second-order valence-electron chi connectivity index (χ2n) is 5.77. The summed E-state index contributed by atoms with van der Waals surface area (Å²) < 4.78 is 10.6. The molecule has 2 aromatic carbocycles. The number of amides is 1. The first-order chi connectivity index (χ1) is 12.4. The molecule has 6 nitrogen and oxygen atoms in total. The number of aryl methyl sites for hydroxylation is 1. The van der Waals surface area contributed by atoms with E-state index in [1.54, 1.807) is 30.3 Å². The molecular formula is C20H20N2O4. The fraction of sp³-hybridized carbons (Fsp3) is 0.250. The lowest BCUT2D eigenvalue weighted by molar-refractivity contribution is -0.155. The van der Waals surface area contributed by atoms with E-state index in [9.17, 15) is 9.59 Å². The van der Waals surface area contributed by atoms with Gasteiger partial charge in [-0.15, -0.1) is 0 Å². The van der Waals surface area contributed by atoms with E-state index in [0.717, 1.165) is 11.1 Å². The van der Waals surface area contributed by atoms with Crippen molar-refractivity contribution in [1.82, 2.24) is 0 Å². The monoisotopic (exact) mass is 352 g/mol. The molecule has 0 radical (unpaired) electrons. The SMILES string of the molecule is Cc1cccc(OCC(=O)O[C@@H](C)C(=O)Nc2ccccc2C#N)c1C. The van der Waals surface area contributed by atoms with Crippen molar-refractivity contribution in [2.45, 2.75) is 26.9 Å². The molecule has 2 aromatic rings. The largest absolute Gasteiger partial charge is 0.482 e. The van der Waals surface area contributed by atoms with E-state index in [0.29, 0.717) is 17.0 Å². The Bertz CT molecular complexity index is 855. The first-order valence-corrected chi connectivity index (χ1v) is 8.11. The number of anilines is 1. The van der Waals surface area contributed by atoms with Gasteiger partial charge in [0.1, 0.15) is 11.8 Å². The molecule has 0 bridgehead atoms. The summed E-state index contributed by atoms with van der Waals surface area (Å²) in [5.74, 6) is -0.572. The van der Waals surface area contributed by atoms with Gasteiger partial charge in [0.25, 0.3) is 5.91 Å². The van der Waals surface area contributed by atoms with E-state index in [2.05, 4.69) is 5.32 Å². The summed E-state index contributed by atoms with van der Waals surface area (Å²) in [6.07, 6.45) is -1.02. The van der Waals surface area contributed by atoms with Gasteiger partial charge >= 0.3 is 5.97 Å². The van der Waals surface area contributed by atoms with Crippen LogP contribution >= 0.6 is 0 Å². The minimum Gasteiger partial charge on any atom is -0.482 e. The molecule has 26 heavy (non-hydrogen) atoms. The van der Waals surface area contributed by atoms with Crippen LogP contribution in [-0.4, -0.2) is 24.6 Å². The number of nitrogens with zero attached hydrogens (tertiary/aromatic N) is 1. The van der Waals surface area contributed by atoms with Gasteiger partial charge in [-0.3, -0.25) is 4.79 Å². The molecule has 0 saturated carbocycles. The van der Waals surface area contributed by atoms with Crippen LogP contribution in [-0.2, 0) is 14.3 Å². The summed E-state index contributed by atoms with van der Waals surface area (Å²) in [5.41, 5.74) is 2.70. The van der Waals surface area contributed by atoms with Crippen LogP contribution in [0.3, 0.4) is 0 Å². The first kappa shape index (κ1) is 19.0. The molecule has 0 saturated heterocycles. The zero-order valence-electron chi connectivity index (χ0n) is 14.9. The van der Waals surface area contributed by atoms with Crippen LogP contribution in [0.5, 0.6) is 5.75 Å². The lowest BCUT2D eigenvalue weighted by Gasteiger charge is -2.15. The normalized spacial score (nSPS) is 11.2. The third kappa shape index (κ3) is 4.84. The second-order valence-corrected chi connectivity index (χ2v) is 5.77. The summed E-state index contributed by atoms with van der Waals surface area (Å²) in [5, 5.41) is 11.6. The maximum Gasteiger partial charge on any atom is 0.344 e. The zero-order valence-corrected chi connectivity index (χ0v) is 14.9. The Balaban J connectivity index is 1.89. The van der Waals surface area contributed by atoms with Crippen LogP contribution < -0.4 is 10.1 Å². The van der Waals surface area contributed by atoms with E-state index in [-0.39, 0.29) is 6.61 Å². The van der Waals surface area contributed by atoms with Gasteiger partial charge in [0.15, 0.2) is 12.7 Å². The molecule has 0 heterocycles. The van der Waals surface area contributed by atoms with Crippen molar-refractivity contribution in [3.05, 3.63) is 59.2 Å². The average molecular weight is 352 g/mol. The minimum absolute atomic E-state index is 0.295. The van der Waals surface area contributed by atoms with Crippen LogP contribution in [0.4, 0.5) is 5.69 Å². The number of hydrogen-bond acceptors (Lipinski definition) is 5. The summed E-state index contributed by atoms with van der Waals surface area (Å²) in [6, 6.07) is 14.1. The van der Waals surface area contributed by atoms with Gasteiger partial charge in [-0.25, -0.2) is 4.79 Å². The highest BCUT2D eigenvalue weighted by molar-refractivity contribution is 5.96. The van der Waals surface area contributed by atoms with Crippen LogP contribution in [0.25, 0.3) is 0 Å². The number of carbonyl (C=O) groups is 2. The fourth-order valence-electron chi connectivity index (χ4n) is 2.23. The third-order valence-electron chi connectivity index (χ3n) is 3.88. The quantitative estimate of drug-likeness (QED) is 0.807. The smallest absolute Gasteiger partial charge is 0.344 e. The van der Waals surface area contributed by atoms with Gasteiger partial charge in [0.2, 0.25) is 0 Å². The maximum atomic E-state index is 12.2. The summed E-state index contributed by atoms with van der Waals surface area (Å²) >= 11 is 0. The number of esters is 1. The fourth-order valence-corrected chi connectivity index (χ4v) is 2.23. The third-order valence-corrected chi connectivity index (χ3v) is 3.88. The lowest BCUT2D eigenvalue weighted by atomic mass is 10.1.